The van der Waals surface area contributed by atoms with Gasteiger partial charge in [-0.3, -0.25) is 4.79 Å². The van der Waals surface area contributed by atoms with Crippen LogP contribution in [0.5, 0.6) is 0 Å². The van der Waals surface area contributed by atoms with Crippen LogP contribution in [0.3, 0.4) is 0 Å². The van der Waals surface area contributed by atoms with E-state index in [2.05, 4.69) is 40.7 Å². The Hall–Kier alpha value is -1.18. The van der Waals surface area contributed by atoms with Gasteiger partial charge in [0.15, 0.2) is 0 Å². The molecule has 0 aromatic heterocycles. The van der Waals surface area contributed by atoms with Gasteiger partial charge in [0.1, 0.15) is 4.99 Å². The van der Waals surface area contributed by atoms with Crippen LogP contribution in [0, 0.1) is 0 Å². The zero-order chi connectivity index (χ0) is 16.8. The number of hydrogen-bond acceptors (Lipinski definition) is 6. The van der Waals surface area contributed by atoms with Crippen LogP contribution in [0.4, 0.5) is 0 Å². The van der Waals surface area contributed by atoms with E-state index in [1.165, 1.54) is 10.6 Å². The van der Waals surface area contributed by atoms with E-state index >= 15 is 0 Å². The monoisotopic (exact) mass is 380 g/mol. The normalized spacial score (nSPS) is 18.9. The number of carbonyl (C=O) groups excluding carboxylic acids is 1. The highest BCUT2D eigenvalue weighted by atomic mass is 33.5. The Morgan fingerprint density at radius 3 is 2.83 bits per heavy atom. The summed E-state index contributed by atoms with van der Waals surface area (Å²) in [5, 5.41) is 5.74. The Morgan fingerprint density at radius 2 is 2.08 bits per heavy atom. The molecule has 1 unspecified atom stereocenters. The summed E-state index contributed by atoms with van der Waals surface area (Å²) in [7, 11) is 3.66. The molecular formula is C17H20N2O2S3. The van der Waals surface area contributed by atoms with Crippen LogP contribution < -0.4 is 5.32 Å². The Morgan fingerprint density at radius 1 is 1.25 bits per heavy atom. The number of aliphatic imine (C=N–C) groups is 1. The van der Waals surface area contributed by atoms with Crippen molar-refractivity contribution < 1.29 is 9.53 Å². The molecular weight excluding hydrogens is 360 g/mol. The van der Waals surface area contributed by atoms with E-state index in [1.807, 2.05) is 23.8 Å². The first-order valence-corrected chi connectivity index (χ1v) is 11.8. The summed E-state index contributed by atoms with van der Waals surface area (Å²) < 4.78 is 4.96. The Labute approximate surface area is 152 Å². The number of ether oxygens (including phenoxy) is 1. The van der Waals surface area contributed by atoms with Crippen LogP contribution in [0.2, 0.25) is 0 Å². The van der Waals surface area contributed by atoms with Crippen molar-refractivity contribution in [3.63, 3.8) is 0 Å². The van der Waals surface area contributed by atoms with E-state index in [-0.39, 0.29) is 14.5 Å². The van der Waals surface area contributed by atoms with Gasteiger partial charge in [-0.05, 0) is 49.0 Å². The molecule has 3 rings (SSSR count). The van der Waals surface area contributed by atoms with Gasteiger partial charge >= 0.3 is 5.97 Å². The first-order valence-electron chi connectivity index (χ1n) is 7.95. The Kier molecular flexibility index (Phi) is 6.45. The molecule has 0 amide bonds. The topological polar surface area (TPSA) is 50.7 Å². The van der Waals surface area contributed by atoms with Crippen LogP contribution in [0.15, 0.2) is 46.4 Å². The van der Waals surface area contributed by atoms with Crippen molar-refractivity contribution >= 4 is 46.1 Å². The molecule has 128 valence electrons. The number of nitrogens with one attached hydrogen (secondary N) is 1. The van der Waals surface area contributed by atoms with Crippen LogP contribution in [-0.4, -0.2) is 29.2 Å². The smallest absolute Gasteiger partial charge is 0.306 e. The van der Waals surface area contributed by atoms with Crippen molar-refractivity contribution in [2.24, 2.45) is 4.99 Å². The van der Waals surface area contributed by atoms with Gasteiger partial charge in [0.25, 0.3) is 0 Å². The first kappa shape index (κ1) is 17.6. The fourth-order valence-electron chi connectivity index (χ4n) is 2.26. The van der Waals surface area contributed by atoms with E-state index < -0.39 is 0 Å². The second-order valence-corrected chi connectivity index (χ2v) is 11.0. The summed E-state index contributed by atoms with van der Waals surface area (Å²) in [5.41, 5.74) is 1.34. The lowest BCUT2D eigenvalue weighted by atomic mass is 10.1. The van der Waals surface area contributed by atoms with E-state index in [0.29, 0.717) is 19.4 Å². The maximum absolute atomic E-state index is 11.4. The van der Waals surface area contributed by atoms with Crippen molar-refractivity contribution in [2.45, 2.75) is 26.2 Å². The summed E-state index contributed by atoms with van der Waals surface area (Å²) in [4.78, 5) is 17.2. The Bertz CT molecular complexity index is 699. The average Bonchev–Trinajstić information content (AvgIpc) is 3.12. The lowest BCUT2D eigenvalue weighted by molar-refractivity contribution is -0.142. The average molecular weight is 381 g/mol. The lowest BCUT2D eigenvalue weighted by Gasteiger charge is -2.08. The minimum atomic E-state index is -0.141. The van der Waals surface area contributed by atoms with Gasteiger partial charge in [0.2, 0.25) is 0 Å². The van der Waals surface area contributed by atoms with Gasteiger partial charge < -0.3 is 10.1 Å². The molecule has 2 heterocycles. The lowest BCUT2D eigenvalue weighted by Crippen LogP contribution is -2.14. The highest BCUT2D eigenvalue weighted by Crippen LogP contribution is 2.56. The van der Waals surface area contributed by atoms with Crippen LogP contribution in [0.25, 0.3) is 0 Å². The molecule has 7 heteroatoms. The molecule has 1 N–H and O–H groups in total. The summed E-state index contributed by atoms with van der Waals surface area (Å²) in [6.45, 7) is 3.20. The fraction of sp³-hybridized carbons (Fsp3) is 0.353. The standard InChI is InChI=1S/C17H20N2O2S3/c1-2-21-17(20)9-8-14-19-16-12-15(23-24(16)22-14)18-11-10-13-6-4-3-5-7-13/h3-7,12,18H,2,8-11H2,1H3. The van der Waals surface area contributed by atoms with Crippen molar-refractivity contribution in [3.05, 3.63) is 47.0 Å². The largest absolute Gasteiger partial charge is 0.466 e. The van der Waals surface area contributed by atoms with Crippen molar-refractivity contribution in [2.75, 3.05) is 13.2 Å². The van der Waals surface area contributed by atoms with E-state index in [9.17, 15) is 4.79 Å². The van der Waals surface area contributed by atoms with Gasteiger partial charge in [-0.15, -0.1) is 0 Å². The predicted molar refractivity (Wildman–Crippen MR) is 107 cm³/mol. The highest BCUT2D eigenvalue weighted by molar-refractivity contribution is 9.19. The molecule has 0 bridgehead atoms. The van der Waals surface area contributed by atoms with Gasteiger partial charge in [-0.25, -0.2) is 4.99 Å². The van der Waals surface area contributed by atoms with Crippen molar-refractivity contribution in [1.82, 2.24) is 5.32 Å². The molecule has 1 aromatic rings. The second-order valence-electron chi connectivity index (χ2n) is 5.22. The number of hydrogen-bond donors (Lipinski definition) is 1. The minimum Gasteiger partial charge on any atom is -0.466 e. The van der Waals surface area contributed by atoms with E-state index in [0.717, 1.165) is 23.0 Å². The quantitative estimate of drug-likeness (QED) is 0.418. The summed E-state index contributed by atoms with van der Waals surface area (Å²) in [6.07, 6.45) is 4.26. The SMILES string of the molecule is CCOC(=O)CCC1=NC2=S(SC(NCCc3ccccc3)=C2)S1. The molecule has 2 aliphatic rings. The zero-order valence-corrected chi connectivity index (χ0v) is 15.9. The van der Waals surface area contributed by atoms with Gasteiger partial charge in [0, 0.05) is 19.0 Å². The maximum atomic E-state index is 11.4. The number of esters is 1. The van der Waals surface area contributed by atoms with Crippen molar-refractivity contribution in [3.8, 4) is 0 Å². The number of rotatable bonds is 8. The predicted octanol–water partition coefficient (Wildman–Crippen LogP) is 4.12. The zero-order valence-electron chi connectivity index (χ0n) is 13.5. The molecule has 4 nitrogen and oxygen atoms in total. The molecule has 0 fully saturated rings. The number of carbonyl (C=O) groups is 1. The molecule has 0 radical (unpaired) electrons. The van der Waals surface area contributed by atoms with Crippen LogP contribution in [-0.2, 0) is 16.0 Å². The van der Waals surface area contributed by atoms with Crippen LogP contribution >= 0.6 is 30.1 Å². The fourth-order valence-corrected chi connectivity index (χ4v) is 8.47. The van der Waals surface area contributed by atoms with Crippen LogP contribution in [0.1, 0.15) is 25.3 Å². The summed E-state index contributed by atoms with van der Waals surface area (Å²) in [5.74, 6) is -0.141. The van der Waals surface area contributed by atoms with E-state index in [4.69, 9.17) is 4.74 Å². The summed E-state index contributed by atoms with van der Waals surface area (Å²) >= 11 is 0. The third kappa shape index (κ3) is 4.91. The number of benzene rings is 1. The third-order valence-electron chi connectivity index (χ3n) is 3.40. The highest BCUT2D eigenvalue weighted by Gasteiger charge is 2.24. The molecule has 0 spiro atoms. The third-order valence-corrected chi connectivity index (χ3v) is 9.46. The Balaban J connectivity index is 1.42. The molecule has 24 heavy (non-hydrogen) atoms. The first-order chi connectivity index (χ1) is 11.7. The van der Waals surface area contributed by atoms with Gasteiger partial charge in [-0.1, -0.05) is 30.3 Å². The second kappa shape index (κ2) is 8.78. The maximum Gasteiger partial charge on any atom is 0.306 e. The number of nitrogens with zero attached hydrogens (tertiary/aromatic N) is 1. The molecule has 2 aliphatic heterocycles. The summed E-state index contributed by atoms with van der Waals surface area (Å²) in [6, 6.07) is 10.5. The minimum absolute atomic E-state index is 0.0446. The molecule has 0 aliphatic carbocycles. The molecule has 0 saturated heterocycles. The van der Waals surface area contributed by atoms with Gasteiger partial charge in [0.05, 0.1) is 23.1 Å². The molecule has 1 atom stereocenters. The van der Waals surface area contributed by atoms with Crippen molar-refractivity contribution in [1.29, 1.82) is 0 Å². The molecule has 1 aromatic carbocycles. The van der Waals surface area contributed by atoms with E-state index in [1.54, 1.807) is 10.8 Å². The van der Waals surface area contributed by atoms with Gasteiger partial charge in [-0.2, -0.15) is 0 Å². The molecule has 0 saturated carbocycles.